The van der Waals surface area contributed by atoms with E-state index < -0.39 is 11.7 Å². The molecular formula is C17H27NO5. The van der Waals surface area contributed by atoms with Gasteiger partial charge in [0.25, 0.3) is 0 Å². The summed E-state index contributed by atoms with van der Waals surface area (Å²) in [7, 11) is 3.25. The molecule has 130 valence electrons. The minimum atomic E-state index is -0.520. The maximum Gasteiger partial charge on any atom is 0.407 e. The fourth-order valence-corrected chi connectivity index (χ4v) is 1.82. The molecule has 0 aliphatic rings. The van der Waals surface area contributed by atoms with E-state index in [1.54, 1.807) is 14.2 Å². The summed E-state index contributed by atoms with van der Waals surface area (Å²) in [6, 6.07) is 5.52. The van der Waals surface area contributed by atoms with Gasteiger partial charge in [-0.2, -0.15) is 0 Å². The van der Waals surface area contributed by atoms with Crippen LogP contribution in [0, 0.1) is 0 Å². The lowest BCUT2D eigenvalue weighted by Gasteiger charge is -2.19. The monoisotopic (exact) mass is 325 g/mol. The molecule has 0 fully saturated rings. The Morgan fingerprint density at radius 3 is 2.39 bits per heavy atom. The standard InChI is InChI=1S/C17H27NO5/c1-17(2,3)23-16(19)18-12-13-9-14(21-5)11-15(10-13)22-8-6-7-20-4/h9-11H,6-8,12H2,1-5H3,(H,18,19). The van der Waals surface area contributed by atoms with Crippen molar-refractivity contribution < 1.29 is 23.7 Å². The molecule has 1 amide bonds. The van der Waals surface area contributed by atoms with Crippen LogP contribution in [-0.4, -0.2) is 39.1 Å². The second kappa shape index (κ2) is 9.25. The number of hydrogen-bond acceptors (Lipinski definition) is 5. The van der Waals surface area contributed by atoms with E-state index in [1.807, 2.05) is 39.0 Å². The number of carbonyl (C=O) groups is 1. The first-order valence-electron chi connectivity index (χ1n) is 7.60. The van der Waals surface area contributed by atoms with Gasteiger partial charge in [-0.3, -0.25) is 0 Å². The number of ether oxygens (including phenoxy) is 4. The molecule has 0 heterocycles. The molecule has 1 aromatic rings. The number of methoxy groups -OCH3 is 2. The van der Waals surface area contributed by atoms with Crippen LogP contribution in [0.5, 0.6) is 11.5 Å². The first-order valence-corrected chi connectivity index (χ1v) is 7.60. The highest BCUT2D eigenvalue weighted by molar-refractivity contribution is 5.67. The van der Waals surface area contributed by atoms with Gasteiger partial charge in [0.2, 0.25) is 0 Å². The van der Waals surface area contributed by atoms with Crippen molar-refractivity contribution in [3.05, 3.63) is 23.8 Å². The highest BCUT2D eigenvalue weighted by Crippen LogP contribution is 2.23. The van der Waals surface area contributed by atoms with Gasteiger partial charge < -0.3 is 24.3 Å². The fourth-order valence-electron chi connectivity index (χ4n) is 1.82. The number of rotatable bonds is 8. The Bertz CT molecular complexity index is 496. The molecule has 1 rings (SSSR count). The quantitative estimate of drug-likeness (QED) is 0.744. The van der Waals surface area contributed by atoms with Gasteiger partial charge in [0.15, 0.2) is 0 Å². The van der Waals surface area contributed by atoms with Crippen LogP contribution in [0.2, 0.25) is 0 Å². The first-order chi connectivity index (χ1) is 10.8. The predicted molar refractivity (Wildman–Crippen MR) is 88.1 cm³/mol. The maximum absolute atomic E-state index is 11.7. The van der Waals surface area contributed by atoms with Gasteiger partial charge in [-0.15, -0.1) is 0 Å². The predicted octanol–water partition coefficient (Wildman–Crippen LogP) is 3.14. The Morgan fingerprint density at radius 2 is 1.78 bits per heavy atom. The van der Waals surface area contributed by atoms with Crippen molar-refractivity contribution >= 4 is 6.09 Å². The third-order valence-electron chi connectivity index (χ3n) is 2.77. The molecule has 6 nitrogen and oxygen atoms in total. The molecule has 0 spiro atoms. The normalized spacial score (nSPS) is 11.0. The van der Waals surface area contributed by atoms with Crippen molar-refractivity contribution in [2.75, 3.05) is 27.4 Å². The summed E-state index contributed by atoms with van der Waals surface area (Å²) in [5, 5.41) is 2.72. The Morgan fingerprint density at radius 1 is 1.09 bits per heavy atom. The average molecular weight is 325 g/mol. The van der Waals surface area contributed by atoms with E-state index in [1.165, 1.54) is 0 Å². The largest absolute Gasteiger partial charge is 0.497 e. The van der Waals surface area contributed by atoms with E-state index in [0.29, 0.717) is 31.3 Å². The summed E-state index contributed by atoms with van der Waals surface area (Å²) in [6.07, 6.45) is 0.349. The van der Waals surface area contributed by atoms with Crippen LogP contribution in [0.3, 0.4) is 0 Å². The molecule has 0 aromatic heterocycles. The third kappa shape index (κ3) is 8.30. The summed E-state index contributed by atoms with van der Waals surface area (Å²) in [4.78, 5) is 11.7. The van der Waals surface area contributed by atoms with Crippen LogP contribution >= 0.6 is 0 Å². The number of nitrogens with one attached hydrogen (secondary N) is 1. The number of alkyl carbamates (subject to hydrolysis) is 1. The second-order valence-corrected chi connectivity index (χ2v) is 6.07. The molecular weight excluding hydrogens is 298 g/mol. The summed E-state index contributed by atoms with van der Waals surface area (Å²) in [5.74, 6) is 1.37. The summed E-state index contributed by atoms with van der Waals surface area (Å²) in [6.45, 7) is 7.01. The highest BCUT2D eigenvalue weighted by Gasteiger charge is 2.15. The maximum atomic E-state index is 11.7. The van der Waals surface area contributed by atoms with Crippen LogP contribution in [-0.2, 0) is 16.0 Å². The van der Waals surface area contributed by atoms with Gasteiger partial charge in [0, 0.05) is 32.7 Å². The zero-order valence-electron chi connectivity index (χ0n) is 14.6. The Kier molecular flexibility index (Phi) is 7.68. The number of hydrogen-bond donors (Lipinski definition) is 1. The summed E-state index contributed by atoms with van der Waals surface area (Å²) < 4.78 is 21.1. The minimum Gasteiger partial charge on any atom is -0.497 e. The molecule has 0 radical (unpaired) electrons. The number of amides is 1. The van der Waals surface area contributed by atoms with Gasteiger partial charge in [-0.1, -0.05) is 0 Å². The van der Waals surface area contributed by atoms with Crippen molar-refractivity contribution in [2.45, 2.75) is 39.3 Å². The lowest BCUT2D eigenvalue weighted by atomic mass is 10.2. The van der Waals surface area contributed by atoms with Crippen molar-refractivity contribution in [1.82, 2.24) is 5.32 Å². The van der Waals surface area contributed by atoms with E-state index in [2.05, 4.69) is 5.32 Å². The molecule has 23 heavy (non-hydrogen) atoms. The van der Waals surface area contributed by atoms with Crippen LogP contribution < -0.4 is 14.8 Å². The second-order valence-electron chi connectivity index (χ2n) is 6.07. The van der Waals surface area contributed by atoms with E-state index in [9.17, 15) is 4.79 Å². The third-order valence-corrected chi connectivity index (χ3v) is 2.77. The van der Waals surface area contributed by atoms with Crippen LogP contribution in [0.4, 0.5) is 4.79 Å². The smallest absolute Gasteiger partial charge is 0.407 e. The van der Waals surface area contributed by atoms with E-state index in [4.69, 9.17) is 18.9 Å². The Balaban J connectivity index is 2.61. The minimum absolute atomic E-state index is 0.334. The number of benzene rings is 1. The van der Waals surface area contributed by atoms with Crippen LogP contribution in [0.25, 0.3) is 0 Å². The van der Waals surface area contributed by atoms with E-state index in [0.717, 1.165) is 12.0 Å². The molecule has 0 unspecified atom stereocenters. The average Bonchev–Trinajstić information content (AvgIpc) is 2.47. The summed E-state index contributed by atoms with van der Waals surface area (Å²) in [5.41, 5.74) is 0.352. The molecule has 1 aromatic carbocycles. The SMILES string of the molecule is COCCCOc1cc(CNC(=O)OC(C)(C)C)cc(OC)c1. The molecule has 0 atom stereocenters. The van der Waals surface area contributed by atoms with Gasteiger partial charge in [0.1, 0.15) is 17.1 Å². The van der Waals surface area contributed by atoms with Gasteiger partial charge in [-0.05, 0) is 38.5 Å². The summed E-state index contributed by atoms with van der Waals surface area (Å²) >= 11 is 0. The van der Waals surface area contributed by atoms with E-state index >= 15 is 0 Å². The lowest BCUT2D eigenvalue weighted by Crippen LogP contribution is -2.32. The van der Waals surface area contributed by atoms with Crippen molar-refractivity contribution in [2.24, 2.45) is 0 Å². The molecule has 0 aliphatic heterocycles. The lowest BCUT2D eigenvalue weighted by molar-refractivity contribution is 0.0523. The fraction of sp³-hybridized carbons (Fsp3) is 0.588. The molecule has 0 aliphatic carbocycles. The van der Waals surface area contributed by atoms with Crippen molar-refractivity contribution in [3.8, 4) is 11.5 Å². The molecule has 6 heteroatoms. The van der Waals surface area contributed by atoms with Gasteiger partial charge in [-0.25, -0.2) is 4.79 Å². The van der Waals surface area contributed by atoms with Gasteiger partial charge >= 0.3 is 6.09 Å². The van der Waals surface area contributed by atoms with E-state index in [-0.39, 0.29) is 0 Å². The van der Waals surface area contributed by atoms with Gasteiger partial charge in [0.05, 0.1) is 13.7 Å². The molecule has 0 saturated heterocycles. The Labute approximate surface area is 138 Å². The van der Waals surface area contributed by atoms with Crippen LogP contribution in [0.1, 0.15) is 32.8 Å². The molecule has 0 bridgehead atoms. The first kappa shape index (κ1) is 19.1. The topological polar surface area (TPSA) is 66.0 Å². The molecule has 1 N–H and O–H groups in total. The zero-order chi connectivity index (χ0) is 17.3. The number of carbonyl (C=O) groups excluding carboxylic acids is 1. The van der Waals surface area contributed by atoms with Crippen LogP contribution in [0.15, 0.2) is 18.2 Å². The van der Waals surface area contributed by atoms with Crippen molar-refractivity contribution in [3.63, 3.8) is 0 Å². The molecule has 0 saturated carbocycles. The van der Waals surface area contributed by atoms with Crippen molar-refractivity contribution in [1.29, 1.82) is 0 Å². The zero-order valence-corrected chi connectivity index (χ0v) is 14.6. The Hall–Kier alpha value is -1.95. The highest BCUT2D eigenvalue weighted by atomic mass is 16.6.